The lowest BCUT2D eigenvalue weighted by molar-refractivity contribution is 0.0115. The molecule has 1 aliphatic heterocycles. The summed E-state index contributed by atoms with van der Waals surface area (Å²) in [5, 5.41) is 0. The van der Waals surface area contributed by atoms with Crippen LogP contribution in [0.3, 0.4) is 0 Å². The summed E-state index contributed by atoms with van der Waals surface area (Å²) in [6.45, 7) is 11.2. The van der Waals surface area contributed by atoms with Crippen molar-refractivity contribution in [3.05, 3.63) is 66.3 Å². The molecule has 194 valence electrons. The first-order chi connectivity index (χ1) is 18.0. The van der Waals surface area contributed by atoms with Gasteiger partial charge in [-0.25, -0.2) is 0 Å². The van der Waals surface area contributed by atoms with Crippen LogP contribution >= 0.6 is 0 Å². The highest BCUT2D eigenvalue weighted by molar-refractivity contribution is 6.04. The number of nitrogens with zero attached hydrogens (tertiary/aromatic N) is 5. The van der Waals surface area contributed by atoms with Crippen molar-refractivity contribution in [1.82, 2.24) is 19.4 Å². The van der Waals surface area contributed by atoms with Crippen LogP contribution in [0.5, 0.6) is 0 Å². The van der Waals surface area contributed by atoms with Crippen LogP contribution in [0, 0.1) is 23.7 Å². The third-order valence-electron chi connectivity index (χ3n) is 8.43. The van der Waals surface area contributed by atoms with Crippen molar-refractivity contribution in [3.63, 3.8) is 0 Å². The number of morpholine rings is 1. The summed E-state index contributed by atoms with van der Waals surface area (Å²) in [4.78, 5) is 17.0. The summed E-state index contributed by atoms with van der Waals surface area (Å²) in [6.07, 6.45) is 9.22. The maximum Gasteiger partial charge on any atom is 0.0881 e. The molecule has 7 nitrogen and oxygen atoms in total. The SMILES string of the molecule is CC(C)N=C(C=C(N)c1cnc2ccn(Cc3ccccn3)c2c1)C1C2C(C)CC(N3CCOCC3)C12. The van der Waals surface area contributed by atoms with E-state index in [4.69, 9.17) is 20.4 Å². The zero-order valence-electron chi connectivity index (χ0n) is 22.1. The normalized spacial score (nSPS) is 28.7. The minimum absolute atomic E-state index is 0.230. The Morgan fingerprint density at radius 2 is 2.03 bits per heavy atom. The van der Waals surface area contributed by atoms with E-state index in [0.717, 1.165) is 60.0 Å². The van der Waals surface area contributed by atoms with Crippen LogP contribution < -0.4 is 5.73 Å². The highest BCUT2D eigenvalue weighted by Crippen LogP contribution is 2.62. The first kappa shape index (κ1) is 24.3. The highest BCUT2D eigenvalue weighted by Gasteiger charge is 2.63. The molecule has 1 saturated heterocycles. The molecule has 2 saturated carbocycles. The number of aromatic nitrogens is 3. The van der Waals surface area contributed by atoms with Gasteiger partial charge in [0.1, 0.15) is 0 Å². The van der Waals surface area contributed by atoms with Gasteiger partial charge in [-0.1, -0.05) is 13.0 Å². The van der Waals surface area contributed by atoms with Gasteiger partial charge >= 0.3 is 0 Å². The van der Waals surface area contributed by atoms with E-state index < -0.39 is 0 Å². The van der Waals surface area contributed by atoms with Crippen LogP contribution in [0.2, 0.25) is 0 Å². The van der Waals surface area contributed by atoms with Crippen molar-refractivity contribution >= 4 is 22.4 Å². The topological polar surface area (TPSA) is 81.6 Å². The molecule has 5 atom stereocenters. The Balaban J connectivity index is 1.27. The van der Waals surface area contributed by atoms with Gasteiger partial charge in [-0.05, 0) is 68.4 Å². The number of fused-ring (bicyclic) bond motifs is 2. The lowest BCUT2D eigenvalue weighted by Gasteiger charge is -2.34. The number of ether oxygens (including phenoxy) is 1. The molecule has 2 N–H and O–H groups in total. The summed E-state index contributed by atoms with van der Waals surface area (Å²) in [5.41, 5.74) is 12.6. The molecule has 0 aromatic carbocycles. The summed E-state index contributed by atoms with van der Waals surface area (Å²) >= 11 is 0. The molecule has 3 fully saturated rings. The van der Waals surface area contributed by atoms with E-state index in [1.54, 1.807) is 0 Å². The van der Waals surface area contributed by atoms with E-state index in [9.17, 15) is 0 Å². The van der Waals surface area contributed by atoms with Crippen LogP contribution in [0.1, 0.15) is 38.4 Å². The first-order valence-corrected chi connectivity index (χ1v) is 13.7. The Labute approximate surface area is 219 Å². The van der Waals surface area contributed by atoms with Crippen LogP contribution in [-0.4, -0.2) is 63.5 Å². The summed E-state index contributed by atoms with van der Waals surface area (Å²) in [5.74, 6) is 2.57. The quantitative estimate of drug-likeness (QED) is 0.493. The minimum Gasteiger partial charge on any atom is -0.398 e. The molecule has 0 bridgehead atoms. The molecule has 3 aromatic heterocycles. The maximum absolute atomic E-state index is 6.75. The number of allylic oxidation sites excluding steroid dienone is 1. The predicted octanol–water partition coefficient (Wildman–Crippen LogP) is 4.23. The molecule has 37 heavy (non-hydrogen) atoms. The predicted molar refractivity (Wildman–Crippen MR) is 148 cm³/mol. The Morgan fingerprint density at radius 1 is 1.19 bits per heavy atom. The Morgan fingerprint density at radius 3 is 2.78 bits per heavy atom. The zero-order chi connectivity index (χ0) is 25.5. The van der Waals surface area contributed by atoms with Crippen molar-refractivity contribution in [2.24, 2.45) is 34.4 Å². The van der Waals surface area contributed by atoms with Crippen LogP contribution in [0.25, 0.3) is 16.7 Å². The van der Waals surface area contributed by atoms with Crippen LogP contribution in [-0.2, 0) is 11.3 Å². The fraction of sp³-hybridized carbons (Fsp3) is 0.500. The minimum atomic E-state index is 0.230. The van der Waals surface area contributed by atoms with Crippen molar-refractivity contribution < 1.29 is 4.74 Å². The van der Waals surface area contributed by atoms with E-state index in [2.05, 4.69) is 53.6 Å². The van der Waals surface area contributed by atoms with Crippen molar-refractivity contribution in [2.75, 3.05) is 26.3 Å². The lowest BCUT2D eigenvalue weighted by atomic mass is 9.95. The maximum atomic E-state index is 6.75. The van der Waals surface area contributed by atoms with Crippen molar-refractivity contribution in [1.29, 1.82) is 0 Å². The second-order valence-corrected chi connectivity index (χ2v) is 11.2. The number of nitrogens with two attached hydrogens (primary N) is 1. The van der Waals surface area contributed by atoms with Gasteiger partial charge in [0.2, 0.25) is 0 Å². The summed E-state index contributed by atoms with van der Waals surface area (Å²) in [7, 11) is 0. The smallest absolute Gasteiger partial charge is 0.0881 e. The molecule has 6 rings (SSSR count). The molecular formula is C30H38N6O. The van der Waals surface area contributed by atoms with Gasteiger partial charge in [-0.15, -0.1) is 0 Å². The standard InChI is InChI=1S/C30H38N6O/c1-19(2)34-25(29-28-20(3)14-27(30(28)29)35-10-12-37-13-11-35)16-23(31)21-15-26-24(33-17-21)7-9-36(26)18-22-6-4-5-8-32-22/h4-9,15-17,19-20,27-30H,10-14,18,31H2,1-3H3. The molecule has 0 radical (unpaired) electrons. The number of hydrogen-bond acceptors (Lipinski definition) is 6. The fourth-order valence-corrected chi connectivity index (χ4v) is 6.76. The number of rotatable bonds is 7. The van der Waals surface area contributed by atoms with Crippen LogP contribution in [0.4, 0.5) is 0 Å². The van der Waals surface area contributed by atoms with Crippen molar-refractivity contribution in [3.8, 4) is 0 Å². The largest absolute Gasteiger partial charge is 0.398 e. The van der Waals surface area contributed by atoms with Gasteiger partial charge in [0.05, 0.1) is 36.5 Å². The second-order valence-electron chi connectivity index (χ2n) is 11.2. The molecule has 3 aliphatic rings. The molecule has 0 amide bonds. The lowest BCUT2D eigenvalue weighted by Crippen LogP contribution is -2.44. The average molecular weight is 499 g/mol. The Kier molecular flexibility index (Phi) is 6.59. The van der Waals surface area contributed by atoms with E-state index in [1.807, 2.05) is 36.7 Å². The molecule has 0 spiro atoms. The molecule has 5 unspecified atom stereocenters. The number of hydrogen-bond donors (Lipinski definition) is 1. The zero-order valence-corrected chi connectivity index (χ0v) is 22.1. The molecule has 3 aromatic rings. The third-order valence-corrected chi connectivity index (χ3v) is 8.43. The second kappa shape index (κ2) is 10.0. The summed E-state index contributed by atoms with van der Waals surface area (Å²) in [6, 6.07) is 11.1. The van der Waals surface area contributed by atoms with Gasteiger partial charge in [-0.3, -0.25) is 19.9 Å². The van der Waals surface area contributed by atoms with Gasteiger partial charge < -0.3 is 15.0 Å². The van der Waals surface area contributed by atoms with E-state index in [0.29, 0.717) is 36.3 Å². The third kappa shape index (κ3) is 4.82. The molecular weight excluding hydrogens is 460 g/mol. The monoisotopic (exact) mass is 498 g/mol. The Bertz CT molecular complexity index is 1310. The Hall–Kier alpha value is -3.03. The number of pyridine rings is 2. The average Bonchev–Trinajstić information content (AvgIpc) is 3.38. The highest BCUT2D eigenvalue weighted by atomic mass is 16.5. The molecule has 4 heterocycles. The van der Waals surface area contributed by atoms with E-state index >= 15 is 0 Å². The van der Waals surface area contributed by atoms with Crippen LogP contribution in [0.15, 0.2) is 60.0 Å². The summed E-state index contributed by atoms with van der Waals surface area (Å²) < 4.78 is 7.81. The molecule has 2 aliphatic carbocycles. The van der Waals surface area contributed by atoms with Gasteiger partial charge in [-0.2, -0.15) is 0 Å². The number of aliphatic imine (C=N–C) groups is 1. The van der Waals surface area contributed by atoms with Gasteiger partial charge in [0.25, 0.3) is 0 Å². The van der Waals surface area contributed by atoms with Crippen molar-refractivity contribution in [2.45, 2.75) is 45.8 Å². The first-order valence-electron chi connectivity index (χ1n) is 13.7. The van der Waals surface area contributed by atoms with Gasteiger partial charge in [0.15, 0.2) is 0 Å². The van der Waals surface area contributed by atoms with Gasteiger partial charge in [0, 0.05) is 66.7 Å². The van der Waals surface area contributed by atoms with E-state index in [1.165, 1.54) is 6.42 Å². The molecule has 7 heteroatoms. The van der Waals surface area contributed by atoms with E-state index in [-0.39, 0.29) is 6.04 Å². The fourth-order valence-electron chi connectivity index (χ4n) is 6.76.